The number of rotatable bonds is 7. The average Bonchev–Trinajstić information content (AvgIpc) is 3.81. The standard InChI is InChI=1S/C32H32N2O5/c1-3-38-29-18-21(12-15-28(29)39-32(36)20-8-9-20)31-30-26(33-24-6-4-5-7-25(24)34-31)16-22(17-27(30)35)19-10-13-23(37-2)14-11-19/h4-7,10-15,18,20,22,31,33-34H,3,8-9,16-17H2,1-2H3/t22-,31-/m1/s1. The Morgan fingerprint density at radius 3 is 2.38 bits per heavy atom. The number of methoxy groups -OCH3 is 1. The first-order chi connectivity index (χ1) is 19.0. The molecule has 2 N–H and O–H groups in total. The first-order valence-corrected chi connectivity index (χ1v) is 13.5. The Morgan fingerprint density at radius 1 is 0.923 bits per heavy atom. The zero-order valence-electron chi connectivity index (χ0n) is 22.2. The van der Waals surface area contributed by atoms with Crippen LogP contribution in [0.4, 0.5) is 11.4 Å². The lowest BCUT2D eigenvalue weighted by atomic mass is 9.78. The first-order valence-electron chi connectivity index (χ1n) is 13.5. The summed E-state index contributed by atoms with van der Waals surface area (Å²) in [6.07, 6.45) is 2.86. The molecule has 3 aromatic carbocycles. The predicted molar refractivity (Wildman–Crippen MR) is 149 cm³/mol. The number of para-hydroxylation sites is 2. The highest BCUT2D eigenvalue weighted by atomic mass is 16.6. The van der Waals surface area contributed by atoms with E-state index in [4.69, 9.17) is 14.2 Å². The van der Waals surface area contributed by atoms with Crippen molar-refractivity contribution < 1.29 is 23.8 Å². The molecule has 1 aliphatic heterocycles. The molecule has 1 heterocycles. The smallest absolute Gasteiger partial charge is 0.314 e. The molecule has 7 nitrogen and oxygen atoms in total. The molecule has 6 rings (SSSR count). The molecule has 0 aromatic heterocycles. The highest BCUT2D eigenvalue weighted by molar-refractivity contribution is 6.01. The van der Waals surface area contributed by atoms with Crippen molar-refractivity contribution in [3.63, 3.8) is 0 Å². The fourth-order valence-corrected chi connectivity index (χ4v) is 5.42. The number of Topliss-reactive ketones (excluding diaryl/α,β-unsaturated/α-hetero) is 1. The van der Waals surface area contributed by atoms with Crippen LogP contribution in [0.5, 0.6) is 17.2 Å². The number of fused-ring (bicyclic) bond motifs is 1. The molecule has 1 saturated carbocycles. The highest BCUT2D eigenvalue weighted by Crippen LogP contribution is 2.45. The summed E-state index contributed by atoms with van der Waals surface area (Å²) < 4.78 is 16.9. The highest BCUT2D eigenvalue weighted by Gasteiger charge is 2.37. The summed E-state index contributed by atoms with van der Waals surface area (Å²) in [5, 5.41) is 7.19. The van der Waals surface area contributed by atoms with Crippen LogP contribution in [-0.2, 0) is 9.59 Å². The Labute approximate surface area is 228 Å². The lowest BCUT2D eigenvalue weighted by molar-refractivity contribution is -0.135. The fraction of sp³-hybridized carbons (Fsp3) is 0.312. The number of carbonyl (C=O) groups is 2. The molecule has 200 valence electrons. The van der Waals surface area contributed by atoms with E-state index in [1.165, 1.54) is 0 Å². The number of ether oxygens (including phenoxy) is 3. The molecular formula is C32H32N2O5. The molecule has 0 amide bonds. The van der Waals surface area contributed by atoms with Gasteiger partial charge in [-0.15, -0.1) is 0 Å². The number of hydrogen-bond donors (Lipinski definition) is 2. The van der Waals surface area contributed by atoms with Crippen LogP contribution in [-0.4, -0.2) is 25.5 Å². The van der Waals surface area contributed by atoms with Crippen molar-refractivity contribution in [1.82, 2.24) is 0 Å². The normalized spacial score (nSPS) is 20.1. The summed E-state index contributed by atoms with van der Waals surface area (Å²) in [4.78, 5) is 26.2. The van der Waals surface area contributed by atoms with Gasteiger partial charge in [-0.3, -0.25) is 9.59 Å². The van der Waals surface area contributed by atoms with Gasteiger partial charge in [0.15, 0.2) is 17.3 Å². The van der Waals surface area contributed by atoms with Crippen molar-refractivity contribution in [2.75, 3.05) is 24.4 Å². The molecule has 2 aliphatic carbocycles. The minimum absolute atomic E-state index is 0.0172. The van der Waals surface area contributed by atoms with E-state index in [0.717, 1.165) is 52.4 Å². The summed E-state index contributed by atoms with van der Waals surface area (Å²) in [6.45, 7) is 2.32. The second-order valence-electron chi connectivity index (χ2n) is 10.3. The molecule has 0 saturated heterocycles. The van der Waals surface area contributed by atoms with E-state index < -0.39 is 6.04 Å². The van der Waals surface area contributed by atoms with Crippen LogP contribution in [0.25, 0.3) is 0 Å². The minimum atomic E-state index is -0.396. The number of anilines is 2. The van der Waals surface area contributed by atoms with Gasteiger partial charge in [0, 0.05) is 17.7 Å². The fourth-order valence-electron chi connectivity index (χ4n) is 5.42. The maximum atomic E-state index is 13.9. The van der Waals surface area contributed by atoms with Gasteiger partial charge in [-0.2, -0.15) is 0 Å². The molecule has 3 aromatic rings. The summed E-state index contributed by atoms with van der Waals surface area (Å²) in [5.74, 6) is 1.62. The largest absolute Gasteiger partial charge is 0.497 e. The van der Waals surface area contributed by atoms with Gasteiger partial charge >= 0.3 is 5.97 Å². The Bertz CT molecular complexity index is 1440. The van der Waals surface area contributed by atoms with Crippen molar-refractivity contribution in [2.24, 2.45) is 5.92 Å². The summed E-state index contributed by atoms with van der Waals surface area (Å²) in [6, 6.07) is 21.1. The van der Waals surface area contributed by atoms with Gasteiger partial charge in [-0.05, 0) is 79.6 Å². The molecule has 3 aliphatic rings. The maximum absolute atomic E-state index is 13.9. The lowest BCUT2D eigenvalue weighted by Crippen LogP contribution is -2.27. The third-order valence-electron chi connectivity index (χ3n) is 7.62. The van der Waals surface area contributed by atoms with Crippen LogP contribution in [0.2, 0.25) is 0 Å². The van der Waals surface area contributed by atoms with E-state index in [1.807, 2.05) is 67.6 Å². The van der Waals surface area contributed by atoms with Gasteiger partial charge in [0.1, 0.15) is 5.75 Å². The first kappa shape index (κ1) is 25.0. The number of carbonyl (C=O) groups excluding carboxylic acids is 2. The monoisotopic (exact) mass is 524 g/mol. The van der Waals surface area contributed by atoms with Crippen molar-refractivity contribution >= 4 is 23.1 Å². The van der Waals surface area contributed by atoms with Crippen molar-refractivity contribution in [1.29, 1.82) is 0 Å². The number of ketones is 1. The zero-order valence-corrected chi connectivity index (χ0v) is 22.2. The van der Waals surface area contributed by atoms with Crippen LogP contribution in [0.3, 0.4) is 0 Å². The van der Waals surface area contributed by atoms with E-state index >= 15 is 0 Å². The summed E-state index contributed by atoms with van der Waals surface area (Å²) >= 11 is 0. The molecule has 2 atom stereocenters. The lowest BCUT2D eigenvalue weighted by Gasteiger charge is -2.30. The maximum Gasteiger partial charge on any atom is 0.314 e. The van der Waals surface area contributed by atoms with Gasteiger partial charge in [0.25, 0.3) is 0 Å². The second kappa shape index (κ2) is 10.5. The third kappa shape index (κ3) is 5.09. The van der Waals surface area contributed by atoms with E-state index in [-0.39, 0.29) is 23.6 Å². The quantitative estimate of drug-likeness (QED) is 0.274. The van der Waals surface area contributed by atoms with Crippen LogP contribution in [0.15, 0.2) is 78.0 Å². The third-order valence-corrected chi connectivity index (χ3v) is 7.62. The summed E-state index contributed by atoms with van der Waals surface area (Å²) in [5.41, 5.74) is 5.45. The van der Waals surface area contributed by atoms with E-state index in [2.05, 4.69) is 10.6 Å². The van der Waals surface area contributed by atoms with Crippen molar-refractivity contribution in [3.8, 4) is 17.2 Å². The Hall–Kier alpha value is -4.26. The van der Waals surface area contributed by atoms with Gasteiger partial charge < -0.3 is 24.8 Å². The Morgan fingerprint density at radius 2 is 1.67 bits per heavy atom. The molecular weight excluding hydrogens is 492 g/mol. The van der Waals surface area contributed by atoms with E-state index in [1.54, 1.807) is 13.2 Å². The number of esters is 1. The number of nitrogens with one attached hydrogen (secondary N) is 2. The van der Waals surface area contributed by atoms with Crippen LogP contribution >= 0.6 is 0 Å². The van der Waals surface area contributed by atoms with E-state index in [9.17, 15) is 9.59 Å². The number of allylic oxidation sites excluding steroid dienone is 1. The Kier molecular flexibility index (Phi) is 6.73. The number of benzene rings is 3. The van der Waals surface area contributed by atoms with Crippen molar-refractivity contribution in [2.45, 2.75) is 44.6 Å². The van der Waals surface area contributed by atoms with Crippen LogP contribution in [0, 0.1) is 5.92 Å². The molecule has 0 unspecified atom stereocenters. The Balaban J connectivity index is 1.38. The average molecular weight is 525 g/mol. The van der Waals surface area contributed by atoms with Crippen LogP contribution in [0.1, 0.15) is 55.7 Å². The second-order valence-corrected chi connectivity index (χ2v) is 10.3. The summed E-state index contributed by atoms with van der Waals surface area (Å²) in [7, 11) is 1.65. The molecule has 1 fully saturated rings. The van der Waals surface area contributed by atoms with Gasteiger partial charge in [-0.25, -0.2) is 0 Å². The number of hydrogen-bond acceptors (Lipinski definition) is 7. The van der Waals surface area contributed by atoms with Gasteiger partial charge in [0.05, 0.1) is 37.1 Å². The molecule has 0 bridgehead atoms. The van der Waals surface area contributed by atoms with Gasteiger partial charge in [-0.1, -0.05) is 30.3 Å². The molecule has 39 heavy (non-hydrogen) atoms. The van der Waals surface area contributed by atoms with E-state index in [0.29, 0.717) is 30.9 Å². The van der Waals surface area contributed by atoms with Gasteiger partial charge in [0.2, 0.25) is 0 Å². The minimum Gasteiger partial charge on any atom is -0.497 e. The molecule has 7 heteroatoms. The SMILES string of the molecule is CCOc1cc([C@H]2Nc3ccccc3NC3=C2C(=O)C[C@H](c2ccc(OC)cc2)C3)ccc1OC(=O)C1CC1. The van der Waals surface area contributed by atoms with Crippen LogP contribution < -0.4 is 24.8 Å². The molecule has 0 radical (unpaired) electrons. The molecule has 0 spiro atoms. The topological polar surface area (TPSA) is 85.9 Å². The zero-order chi connectivity index (χ0) is 26.9. The predicted octanol–water partition coefficient (Wildman–Crippen LogP) is 6.39. The van der Waals surface area contributed by atoms with Crippen molar-refractivity contribution in [3.05, 3.63) is 89.1 Å².